The quantitative estimate of drug-likeness (QED) is 0.589. The van der Waals surface area contributed by atoms with Gasteiger partial charge in [0.2, 0.25) is 0 Å². The summed E-state index contributed by atoms with van der Waals surface area (Å²) < 4.78 is 10.9. The van der Waals surface area contributed by atoms with Crippen LogP contribution in [0, 0.1) is 6.92 Å². The summed E-state index contributed by atoms with van der Waals surface area (Å²) in [4.78, 5) is 28.3. The van der Waals surface area contributed by atoms with Crippen LogP contribution in [0.3, 0.4) is 0 Å². The van der Waals surface area contributed by atoms with Crippen LogP contribution in [0.2, 0.25) is 0 Å². The lowest BCUT2D eigenvalue weighted by Crippen LogP contribution is -2.00. The summed E-state index contributed by atoms with van der Waals surface area (Å²) >= 11 is 0. The smallest absolute Gasteiger partial charge is 0.324 e. The third-order valence-electron chi connectivity index (χ3n) is 1.91. The molecule has 0 radical (unpaired) electrons. The van der Waals surface area contributed by atoms with Crippen molar-refractivity contribution in [2.24, 2.45) is 0 Å². The number of carbonyl (C=O) groups is 1. The van der Waals surface area contributed by atoms with Crippen molar-refractivity contribution in [3.05, 3.63) is 35.4 Å². The van der Waals surface area contributed by atoms with Crippen LogP contribution < -0.4 is 0 Å². The van der Waals surface area contributed by atoms with Crippen molar-refractivity contribution in [2.75, 3.05) is 0 Å². The monoisotopic (exact) mass is 214 g/mol. The van der Waals surface area contributed by atoms with Gasteiger partial charge in [-0.05, 0) is 12.5 Å². The van der Waals surface area contributed by atoms with Gasteiger partial charge >= 0.3 is 7.60 Å². The van der Waals surface area contributed by atoms with Crippen LogP contribution in [-0.4, -0.2) is 16.1 Å². The zero-order valence-corrected chi connectivity index (χ0v) is 8.52. The van der Waals surface area contributed by atoms with Gasteiger partial charge in [-0.2, -0.15) is 0 Å². The van der Waals surface area contributed by atoms with Crippen LogP contribution in [0.15, 0.2) is 24.3 Å². The molecule has 76 valence electrons. The summed E-state index contributed by atoms with van der Waals surface area (Å²) in [5, 5.41) is 0. The Morgan fingerprint density at radius 2 is 1.79 bits per heavy atom. The molecule has 0 saturated carbocycles. The maximum Gasteiger partial charge on any atom is 0.340 e. The first-order valence-corrected chi connectivity index (χ1v) is 5.70. The fourth-order valence-corrected chi connectivity index (χ4v) is 1.83. The topological polar surface area (TPSA) is 74.6 Å². The lowest BCUT2D eigenvalue weighted by atomic mass is 10.1. The molecule has 1 unspecified atom stereocenters. The van der Waals surface area contributed by atoms with E-state index in [1.807, 2.05) is 6.92 Å². The van der Waals surface area contributed by atoms with Gasteiger partial charge in [-0.25, -0.2) is 0 Å². The van der Waals surface area contributed by atoms with E-state index in [9.17, 15) is 9.36 Å². The number of benzene rings is 1. The van der Waals surface area contributed by atoms with E-state index in [-0.39, 0.29) is 6.29 Å². The minimum atomic E-state index is -4.38. The molecule has 0 aliphatic heterocycles. The zero-order valence-electron chi connectivity index (χ0n) is 7.62. The van der Waals surface area contributed by atoms with E-state index >= 15 is 0 Å². The Kier molecular flexibility index (Phi) is 3.21. The molecule has 1 aromatic carbocycles. The molecule has 0 fully saturated rings. The fraction of sp³-hybridized carbons (Fsp3) is 0.222. The highest BCUT2D eigenvalue weighted by molar-refractivity contribution is 7.53. The highest BCUT2D eigenvalue weighted by Crippen LogP contribution is 2.50. The van der Waals surface area contributed by atoms with Gasteiger partial charge in [0, 0.05) is 0 Å². The number of hydrogen-bond donors (Lipinski definition) is 2. The fourth-order valence-electron chi connectivity index (χ4n) is 1.12. The van der Waals surface area contributed by atoms with Crippen LogP contribution in [0.25, 0.3) is 0 Å². The molecule has 14 heavy (non-hydrogen) atoms. The Labute approximate surface area is 81.7 Å². The number of aldehydes is 1. The third-order valence-corrected chi connectivity index (χ3v) is 3.05. The first-order chi connectivity index (χ1) is 6.45. The third kappa shape index (κ3) is 2.51. The largest absolute Gasteiger partial charge is 0.340 e. The van der Waals surface area contributed by atoms with Crippen LogP contribution in [0.5, 0.6) is 0 Å². The van der Waals surface area contributed by atoms with E-state index in [0.29, 0.717) is 5.56 Å². The second-order valence-corrected chi connectivity index (χ2v) is 4.82. The average molecular weight is 214 g/mol. The Balaban J connectivity index is 3.08. The molecular formula is C9H11O4P. The van der Waals surface area contributed by atoms with Gasteiger partial charge in [0.05, 0.1) is 0 Å². The van der Waals surface area contributed by atoms with E-state index in [0.717, 1.165) is 5.56 Å². The maximum absolute atomic E-state index is 10.9. The van der Waals surface area contributed by atoms with E-state index < -0.39 is 13.3 Å². The average Bonchev–Trinajstić information content (AvgIpc) is 2.07. The number of hydrogen-bond acceptors (Lipinski definition) is 2. The molecule has 2 N–H and O–H groups in total. The first kappa shape index (κ1) is 11.1. The lowest BCUT2D eigenvalue weighted by Gasteiger charge is -2.12. The molecule has 0 spiro atoms. The van der Waals surface area contributed by atoms with Crippen molar-refractivity contribution in [2.45, 2.75) is 12.6 Å². The summed E-state index contributed by atoms with van der Waals surface area (Å²) in [6, 6.07) is 6.52. The summed E-state index contributed by atoms with van der Waals surface area (Å²) in [5.41, 5.74) is -0.0221. The second-order valence-electron chi connectivity index (χ2n) is 3.08. The first-order valence-electron chi connectivity index (χ1n) is 4.02. The highest BCUT2D eigenvalue weighted by Gasteiger charge is 2.29. The van der Waals surface area contributed by atoms with Crippen LogP contribution in [-0.2, 0) is 9.36 Å². The van der Waals surface area contributed by atoms with Crippen LogP contribution in [0.4, 0.5) is 0 Å². The van der Waals surface area contributed by atoms with Gasteiger partial charge in [0.1, 0.15) is 11.9 Å². The van der Waals surface area contributed by atoms with Gasteiger partial charge in [0.15, 0.2) is 0 Å². The van der Waals surface area contributed by atoms with Crippen LogP contribution in [0.1, 0.15) is 16.8 Å². The summed E-state index contributed by atoms with van der Waals surface area (Å²) in [7, 11) is -4.38. The van der Waals surface area contributed by atoms with E-state index in [1.54, 1.807) is 24.3 Å². The molecule has 1 rings (SSSR count). The molecule has 0 saturated heterocycles. The van der Waals surface area contributed by atoms with Crippen molar-refractivity contribution in [1.29, 1.82) is 0 Å². The van der Waals surface area contributed by atoms with Gasteiger partial charge in [-0.1, -0.05) is 29.8 Å². The number of aryl methyl sites for hydroxylation is 1. The Bertz CT molecular complexity index is 365. The van der Waals surface area contributed by atoms with Crippen molar-refractivity contribution >= 4 is 13.9 Å². The van der Waals surface area contributed by atoms with Gasteiger partial charge in [0.25, 0.3) is 0 Å². The predicted molar refractivity (Wildman–Crippen MR) is 52.0 cm³/mol. The van der Waals surface area contributed by atoms with E-state index in [1.165, 1.54) is 0 Å². The normalized spacial score (nSPS) is 13.6. The minimum absolute atomic E-state index is 0.283. The second kappa shape index (κ2) is 4.05. The van der Waals surface area contributed by atoms with Crippen molar-refractivity contribution in [1.82, 2.24) is 0 Å². The number of carbonyl (C=O) groups excluding carboxylic acids is 1. The van der Waals surface area contributed by atoms with E-state index in [2.05, 4.69) is 0 Å². The number of rotatable bonds is 3. The molecule has 0 aromatic heterocycles. The van der Waals surface area contributed by atoms with Gasteiger partial charge in [-0.3, -0.25) is 4.57 Å². The molecule has 0 heterocycles. The van der Waals surface area contributed by atoms with Crippen molar-refractivity contribution in [3.8, 4) is 0 Å². The molecule has 1 atom stereocenters. The molecule has 1 aromatic rings. The standard InChI is InChI=1S/C9H11O4P/c1-7-2-4-8(5-3-7)9(6-10)14(11,12)13/h2-6,9H,1H3,(H2,11,12,13). The summed E-state index contributed by atoms with van der Waals surface area (Å²) in [6.45, 7) is 1.86. The molecular weight excluding hydrogens is 203 g/mol. The Morgan fingerprint density at radius 3 is 2.14 bits per heavy atom. The van der Waals surface area contributed by atoms with Gasteiger partial charge < -0.3 is 14.6 Å². The van der Waals surface area contributed by atoms with E-state index in [4.69, 9.17) is 9.79 Å². The summed E-state index contributed by atoms with van der Waals surface area (Å²) in [5.74, 6) is 0. The molecule has 0 amide bonds. The Morgan fingerprint density at radius 1 is 1.29 bits per heavy atom. The zero-order chi connectivity index (χ0) is 10.8. The molecule has 5 heteroatoms. The molecule has 0 aliphatic rings. The van der Waals surface area contributed by atoms with Crippen molar-refractivity contribution < 1.29 is 19.1 Å². The minimum Gasteiger partial charge on any atom is -0.324 e. The SMILES string of the molecule is Cc1ccc(C(C=O)P(=O)(O)O)cc1. The maximum atomic E-state index is 10.9. The van der Waals surface area contributed by atoms with Gasteiger partial charge in [-0.15, -0.1) is 0 Å². The summed E-state index contributed by atoms with van der Waals surface area (Å²) in [6.07, 6.45) is 0.283. The van der Waals surface area contributed by atoms with Crippen LogP contribution >= 0.6 is 7.60 Å². The molecule has 0 aliphatic carbocycles. The molecule has 0 bridgehead atoms. The molecule has 4 nitrogen and oxygen atoms in total. The predicted octanol–water partition coefficient (Wildman–Crippen LogP) is 1.41. The van der Waals surface area contributed by atoms with Crippen molar-refractivity contribution in [3.63, 3.8) is 0 Å². The Hall–Kier alpha value is -0.960. The lowest BCUT2D eigenvalue weighted by molar-refractivity contribution is -0.107. The highest BCUT2D eigenvalue weighted by atomic mass is 31.2.